The van der Waals surface area contributed by atoms with Crippen LogP contribution in [-0.2, 0) is 0 Å². The lowest BCUT2D eigenvalue weighted by Crippen LogP contribution is -2.20. The minimum atomic E-state index is -0.407. The van der Waals surface area contributed by atoms with E-state index in [0.717, 1.165) is 11.4 Å². The highest BCUT2D eigenvalue weighted by Gasteiger charge is 1.96. The molecule has 0 fully saturated rings. The number of thiocarbonyl (C=S) groups is 1. The lowest BCUT2D eigenvalue weighted by molar-refractivity contribution is 0.108. The zero-order valence-corrected chi connectivity index (χ0v) is 16.9. The van der Waals surface area contributed by atoms with Crippen LogP contribution in [0.2, 0.25) is 0 Å². The van der Waals surface area contributed by atoms with Gasteiger partial charge in [0, 0.05) is 29.3 Å². The quantitative estimate of drug-likeness (QED) is 0.410. The SMILES string of the molecule is C.Cc1ccnc(N)n1.Cc1ccnc(NC(N)=S)n1.O=C(Cl)c1ccccc1. The third kappa shape index (κ3) is 12.0. The molecule has 10 heteroatoms. The topological polar surface area (TPSA) is 133 Å². The van der Waals surface area contributed by atoms with Crippen LogP contribution in [-0.4, -0.2) is 30.3 Å². The number of hydrogen-bond acceptors (Lipinski definition) is 7. The van der Waals surface area contributed by atoms with E-state index in [1.807, 2.05) is 19.9 Å². The van der Waals surface area contributed by atoms with Gasteiger partial charge in [0.25, 0.3) is 5.24 Å². The van der Waals surface area contributed by atoms with Crippen LogP contribution in [0.1, 0.15) is 29.2 Å². The fourth-order valence-electron chi connectivity index (χ4n) is 1.66. The molecule has 0 aliphatic heterocycles. The average molecular weight is 434 g/mol. The van der Waals surface area contributed by atoms with Crippen LogP contribution in [0.5, 0.6) is 0 Å². The summed E-state index contributed by atoms with van der Waals surface area (Å²) in [6.45, 7) is 3.74. The molecular weight excluding hydrogens is 410 g/mol. The fraction of sp³-hybridized carbons (Fsp3) is 0.158. The molecule has 0 bridgehead atoms. The lowest BCUT2D eigenvalue weighted by atomic mass is 10.2. The second-order valence-corrected chi connectivity index (χ2v) is 5.99. The standard InChI is InChI=1S/C7H5ClO.C6H8N4S.C5H7N3.CH4/c8-7(9)6-4-2-1-3-5-6;1-4-2-3-8-6(9-4)10-5(7)11;1-4-2-3-7-5(6)8-4;/h1-5H;2-3H,1H3,(H3,7,8,9,10,11);2-3H,1H3,(H2,6,7,8);1H4. The summed E-state index contributed by atoms with van der Waals surface area (Å²) in [6.07, 6.45) is 3.28. The molecule has 2 aromatic heterocycles. The molecule has 5 N–H and O–H groups in total. The van der Waals surface area contributed by atoms with Gasteiger partial charge < -0.3 is 16.8 Å². The van der Waals surface area contributed by atoms with Crippen molar-refractivity contribution in [3.8, 4) is 0 Å². The number of aromatic nitrogens is 4. The van der Waals surface area contributed by atoms with Crippen molar-refractivity contribution in [1.82, 2.24) is 19.9 Å². The Balaban J connectivity index is 0.000000404. The van der Waals surface area contributed by atoms with Crippen LogP contribution in [0.15, 0.2) is 54.9 Å². The first kappa shape index (κ1) is 25.8. The molecule has 154 valence electrons. The van der Waals surface area contributed by atoms with Crippen molar-refractivity contribution in [3.63, 3.8) is 0 Å². The number of carbonyl (C=O) groups excluding carboxylic acids is 1. The van der Waals surface area contributed by atoms with Crippen molar-refractivity contribution in [3.05, 3.63) is 71.8 Å². The van der Waals surface area contributed by atoms with Gasteiger partial charge in [-0.3, -0.25) is 4.79 Å². The molecule has 8 nitrogen and oxygen atoms in total. The van der Waals surface area contributed by atoms with Gasteiger partial charge in [-0.05, 0) is 49.8 Å². The Morgan fingerprint density at radius 2 is 1.55 bits per heavy atom. The molecule has 0 atom stereocenters. The molecule has 0 amide bonds. The van der Waals surface area contributed by atoms with Crippen LogP contribution in [0.3, 0.4) is 0 Å². The van der Waals surface area contributed by atoms with Gasteiger partial charge in [0.05, 0.1) is 0 Å². The van der Waals surface area contributed by atoms with Crippen molar-refractivity contribution in [1.29, 1.82) is 0 Å². The number of hydrogen-bond donors (Lipinski definition) is 3. The maximum Gasteiger partial charge on any atom is 0.252 e. The molecular formula is C19H24ClN7OS. The van der Waals surface area contributed by atoms with E-state index >= 15 is 0 Å². The zero-order chi connectivity index (χ0) is 20.9. The van der Waals surface area contributed by atoms with Crippen LogP contribution in [0, 0.1) is 13.8 Å². The minimum Gasteiger partial charge on any atom is -0.376 e. The summed E-state index contributed by atoms with van der Waals surface area (Å²) in [4.78, 5) is 25.9. The number of halogens is 1. The molecule has 29 heavy (non-hydrogen) atoms. The van der Waals surface area contributed by atoms with Crippen LogP contribution >= 0.6 is 23.8 Å². The Morgan fingerprint density at radius 1 is 1.00 bits per heavy atom. The summed E-state index contributed by atoms with van der Waals surface area (Å²) in [5.41, 5.74) is 12.8. The largest absolute Gasteiger partial charge is 0.376 e. The number of nitrogens with two attached hydrogens (primary N) is 2. The summed E-state index contributed by atoms with van der Waals surface area (Å²) in [5.74, 6) is 0.780. The summed E-state index contributed by atoms with van der Waals surface area (Å²) in [5, 5.41) is 2.40. The van der Waals surface area contributed by atoms with Gasteiger partial charge >= 0.3 is 0 Å². The van der Waals surface area contributed by atoms with Gasteiger partial charge in [0.2, 0.25) is 11.9 Å². The summed E-state index contributed by atoms with van der Waals surface area (Å²) in [7, 11) is 0. The average Bonchev–Trinajstić information content (AvgIpc) is 2.63. The summed E-state index contributed by atoms with van der Waals surface area (Å²) >= 11 is 9.77. The number of benzene rings is 1. The highest BCUT2D eigenvalue weighted by atomic mass is 35.5. The number of carbonyl (C=O) groups is 1. The fourth-order valence-corrected chi connectivity index (χ4v) is 1.87. The number of nitrogens with one attached hydrogen (secondary N) is 1. The van der Waals surface area contributed by atoms with Crippen molar-refractivity contribution >= 4 is 46.1 Å². The molecule has 0 spiro atoms. The molecule has 0 saturated carbocycles. The van der Waals surface area contributed by atoms with Gasteiger partial charge in [-0.2, -0.15) is 0 Å². The van der Waals surface area contributed by atoms with Gasteiger partial charge in [-0.25, -0.2) is 19.9 Å². The van der Waals surface area contributed by atoms with E-state index in [4.69, 9.17) is 23.1 Å². The Morgan fingerprint density at radius 3 is 1.93 bits per heavy atom. The minimum absolute atomic E-state index is 0. The first-order valence-corrected chi connectivity index (χ1v) is 8.72. The predicted molar refractivity (Wildman–Crippen MR) is 122 cm³/mol. The van der Waals surface area contributed by atoms with Crippen LogP contribution in [0.4, 0.5) is 11.9 Å². The van der Waals surface area contributed by atoms with Crippen molar-refractivity contribution in [2.24, 2.45) is 5.73 Å². The number of anilines is 2. The van der Waals surface area contributed by atoms with E-state index in [-0.39, 0.29) is 12.5 Å². The smallest absolute Gasteiger partial charge is 0.252 e. The van der Waals surface area contributed by atoms with E-state index < -0.39 is 5.24 Å². The van der Waals surface area contributed by atoms with Gasteiger partial charge in [0.1, 0.15) is 0 Å². The third-order valence-electron chi connectivity index (χ3n) is 2.84. The van der Waals surface area contributed by atoms with Crippen molar-refractivity contribution < 1.29 is 4.79 Å². The Bertz CT molecular complexity index is 893. The van der Waals surface area contributed by atoms with Crippen LogP contribution in [0.25, 0.3) is 0 Å². The van der Waals surface area contributed by atoms with Crippen LogP contribution < -0.4 is 16.8 Å². The second kappa shape index (κ2) is 13.9. The Labute approximate surface area is 180 Å². The van der Waals surface area contributed by atoms with E-state index in [0.29, 0.717) is 17.5 Å². The molecule has 3 aromatic rings. The maximum atomic E-state index is 10.4. The molecule has 2 heterocycles. The number of nitrogen functional groups attached to an aromatic ring is 1. The zero-order valence-electron chi connectivity index (χ0n) is 15.3. The first-order valence-electron chi connectivity index (χ1n) is 7.94. The van der Waals surface area contributed by atoms with E-state index in [1.54, 1.807) is 48.8 Å². The normalized spacial score (nSPS) is 8.79. The number of aryl methyl sites for hydroxylation is 2. The Kier molecular flexibility index (Phi) is 12.4. The highest BCUT2D eigenvalue weighted by Crippen LogP contribution is 2.01. The number of rotatable bonds is 2. The van der Waals surface area contributed by atoms with Crippen molar-refractivity contribution in [2.45, 2.75) is 21.3 Å². The predicted octanol–water partition coefficient (Wildman–Crippen LogP) is 3.51. The van der Waals surface area contributed by atoms with E-state index in [2.05, 4.69) is 37.5 Å². The maximum absolute atomic E-state index is 10.4. The monoisotopic (exact) mass is 433 g/mol. The van der Waals surface area contributed by atoms with Gasteiger partial charge in [0.15, 0.2) is 5.11 Å². The summed E-state index contributed by atoms with van der Waals surface area (Å²) < 4.78 is 0. The van der Waals surface area contributed by atoms with Gasteiger partial charge in [-0.1, -0.05) is 37.8 Å². The molecule has 0 saturated heterocycles. The van der Waals surface area contributed by atoms with Gasteiger partial charge in [-0.15, -0.1) is 0 Å². The Hall–Kier alpha value is -3.17. The number of nitrogens with zero attached hydrogens (tertiary/aromatic N) is 4. The molecule has 0 aliphatic carbocycles. The highest BCUT2D eigenvalue weighted by molar-refractivity contribution is 7.80. The third-order valence-corrected chi connectivity index (χ3v) is 3.16. The molecule has 1 aromatic carbocycles. The second-order valence-electron chi connectivity index (χ2n) is 5.21. The van der Waals surface area contributed by atoms with Crippen molar-refractivity contribution in [2.75, 3.05) is 11.1 Å². The molecule has 3 rings (SSSR count). The molecule has 0 aliphatic rings. The first-order chi connectivity index (χ1) is 13.3. The summed E-state index contributed by atoms with van der Waals surface area (Å²) in [6, 6.07) is 12.3. The molecule has 0 unspecified atom stereocenters. The van der Waals surface area contributed by atoms with E-state index in [1.165, 1.54) is 0 Å². The molecule has 0 radical (unpaired) electrons. The lowest BCUT2D eigenvalue weighted by Gasteiger charge is -2.00. The van der Waals surface area contributed by atoms with E-state index in [9.17, 15) is 4.79 Å².